The number of rotatable bonds is 4. The lowest BCUT2D eigenvalue weighted by molar-refractivity contribution is -0.384. The third kappa shape index (κ3) is 2.90. The summed E-state index contributed by atoms with van der Waals surface area (Å²) in [6.45, 7) is 0. The van der Waals surface area contributed by atoms with E-state index in [2.05, 4.69) is 15.1 Å². The minimum atomic E-state index is -0.468. The molecule has 7 nitrogen and oxygen atoms in total. The van der Waals surface area contributed by atoms with Crippen molar-refractivity contribution in [2.75, 3.05) is 0 Å². The molecule has 0 aliphatic carbocycles. The average Bonchev–Trinajstić information content (AvgIpc) is 3.32. The Balaban J connectivity index is 1.69. The molecule has 4 rings (SSSR count). The van der Waals surface area contributed by atoms with E-state index < -0.39 is 4.92 Å². The van der Waals surface area contributed by atoms with Gasteiger partial charge in [-0.05, 0) is 12.1 Å². The highest BCUT2D eigenvalue weighted by Gasteiger charge is 2.17. The molecule has 0 radical (unpaired) electrons. The van der Waals surface area contributed by atoms with Crippen LogP contribution in [0.25, 0.3) is 27.0 Å². The number of aromatic nitrogens is 4. The number of pyridine rings is 1. The third-order valence-corrected chi connectivity index (χ3v) is 4.62. The largest absolute Gasteiger partial charge is 0.313 e. The number of hydrogen-bond acceptors (Lipinski definition) is 6. The molecule has 0 amide bonds. The Kier molecular flexibility index (Phi) is 3.79. The van der Waals surface area contributed by atoms with Crippen molar-refractivity contribution < 1.29 is 4.92 Å². The number of nitro groups is 1. The van der Waals surface area contributed by atoms with Crippen LogP contribution in [0.1, 0.15) is 0 Å². The van der Waals surface area contributed by atoms with Crippen LogP contribution in [0.4, 0.5) is 5.69 Å². The van der Waals surface area contributed by atoms with Gasteiger partial charge in [-0.15, -0.1) is 11.3 Å². The van der Waals surface area contributed by atoms with Crippen molar-refractivity contribution in [3.8, 4) is 27.0 Å². The van der Waals surface area contributed by atoms with Crippen molar-refractivity contribution in [2.24, 2.45) is 0 Å². The topological polar surface area (TPSA) is 86.7 Å². The summed E-state index contributed by atoms with van der Waals surface area (Å²) in [5.41, 5.74) is 1.64. The molecular weight excluding hydrogens is 338 g/mol. The number of thiazole rings is 1. The van der Waals surface area contributed by atoms with E-state index in [1.807, 2.05) is 30.3 Å². The van der Waals surface area contributed by atoms with Crippen molar-refractivity contribution in [1.82, 2.24) is 19.7 Å². The first kappa shape index (κ1) is 15.2. The maximum Gasteiger partial charge on any atom is 0.313 e. The predicted molar refractivity (Wildman–Crippen MR) is 94.6 cm³/mol. The smallest absolute Gasteiger partial charge is 0.258 e. The first-order chi connectivity index (χ1) is 12.2. The SMILES string of the molecule is O=[N+]([O-])c1cccnc1-n1ccc(-c2cnc(-c3ccccc3)s2)n1. The van der Waals surface area contributed by atoms with E-state index in [0.717, 1.165) is 15.4 Å². The maximum absolute atomic E-state index is 11.1. The molecule has 4 aromatic rings. The highest BCUT2D eigenvalue weighted by Crippen LogP contribution is 2.31. The van der Waals surface area contributed by atoms with Crippen LogP contribution in [0.3, 0.4) is 0 Å². The zero-order valence-corrected chi connectivity index (χ0v) is 13.6. The normalized spacial score (nSPS) is 10.7. The van der Waals surface area contributed by atoms with Crippen LogP contribution in [0.2, 0.25) is 0 Å². The van der Waals surface area contributed by atoms with Gasteiger partial charge in [0.1, 0.15) is 10.7 Å². The summed E-state index contributed by atoms with van der Waals surface area (Å²) in [5, 5.41) is 16.5. The van der Waals surface area contributed by atoms with Gasteiger partial charge in [-0.1, -0.05) is 30.3 Å². The van der Waals surface area contributed by atoms with Crippen molar-refractivity contribution in [1.29, 1.82) is 0 Å². The Hall–Kier alpha value is -3.39. The molecule has 0 N–H and O–H groups in total. The minimum Gasteiger partial charge on any atom is -0.258 e. The quantitative estimate of drug-likeness (QED) is 0.411. The Labute approximate surface area is 146 Å². The molecule has 0 spiro atoms. The molecule has 25 heavy (non-hydrogen) atoms. The zero-order chi connectivity index (χ0) is 17.2. The molecule has 0 aliphatic heterocycles. The average molecular weight is 349 g/mol. The molecule has 1 aromatic carbocycles. The van der Waals surface area contributed by atoms with Crippen LogP contribution in [0.15, 0.2) is 67.1 Å². The molecule has 0 unspecified atom stereocenters. The second-order valence-electron chi connectivity index (χ2n) is 5.14. The van der Waals surface area contributed by atoms with E-state index in [-0.39, 0.29) is 11.5 Å². The Morgan fingerprint density at radius 1 is 1.04 bits per heavy atom. The summed E-state index contributed by atoms with van der Waals surface area (Å²) >= 11 is 1.52. The fraction of sp³-hybridized carbons (Fsp3) is 0. The van der Waals surface area contributed by atoms with Gasteiger partial charge in [0.15, 0.2) is 0 Å². The van der Waals surface area contributed by atoms with E-state index in [0.29, 0.717) is 5.69 Å². The highest BCUT2D eigenvalue weighted by molar-refractivity contribution is 7.18. The number of hydrogen-bond donors (Lipinski definition) is 0. The Morgan fingerprint density at radius 2 is 1.88 bits per heavy atom. The number of benzene rings is 1. The fourth-order valence-corrected chi connectivity index (χ4v) is 3.27. The van der Waals surface area contributed by atoms with Gasteiger partial charge in [-0.3, -0.25) is 10.1 Å². The lowest BCUT2D eigenvalue weighted by Crippen LogP contribution is -2.03. The van der Waals surface area contributed by atoms with Crippen molar-refractivity contribution >= 4 is 17.0 Å². The van der Waals surface area contributed by atoms with E-state index in [9.17, 15) is 10.1 Å². The monoisotopic (exact) mass is 349 g/mol. The maximum atomic E-state index is 11.1. The van der Waals surface area contributed by atoms with Crippen LogP contribution in [0, 0.1) is 10.1 Å². The standard InChI is InChI=1S/C17H11N5O2S/c23-22(24)14-7-4-9-18-16(14)21-10-8-13(20-21)15-11-19-17(25-15)12-5-2-1-3-6-12/h1-11H. The van der Waals surface area contributed by atoms with Crippen molar-refractivity contribution in [3.63, 3.8) is 0 Å². The molecule has 3 heterocycles. The summed E-state index contributed by atoms with van der Waals surface area (Å²) in [5.74, 6) is 0.187. The molecule has 8 heteroatoms. The molecule has 3 aromatic heterocycles. The van der Waals surface area contributed by atoms with E-state index in [1.165, 1.54) is 34.3 Å². The van der Waals surface area contributed by atoms with Gasteiger partial charge >= 0.3 is 5.69 Å². The third-order valence-electron chi connectivity index (χ3n) is 3.55. The molecule has 0 saturated carbocycles. The van der Waals surface area contributed by atoms with Gasteiger partial charge < -0.3 is 0 Å². The predicted octanol–water partition coefficient (Wildman–Crippen LogP) is 3.97. The summed E-state index contributed by atoms with van der Waals surface area (Å²) in [6, 6.07) is 14.6. The van der Waals surface area contributed by atoms with Crippen molar-refractivity contribution in [3.05, 3.63) is 77.2 Å². The summed E-state index contributed by atoms with van der Waals surface area (Å²) in [7, 11) is 0. The summed E-state index contributed by atoms with van der Waals surface area (Å²) in [4.78, 5) is 20.1. The lowest BCUT2D eigenvalue weighted by Gasteiger charge is -2.00. The van der Waals surface area contributed by atoms with E-state index >= 15 is 0 Å². The molecule has 0 bridgehead atoms. The minimum absolute atomic E-state index is 0.0913. The summed E-state index contributed by atoms with van der Waals surface area (Å²) in [6.07, 6.45) is 4.92. The second kappa shape index (κ2) is 6.25. The van der Waals surface area contributed by atoms with Gasteiger partial charge in [-0.2, -0.15) is 5.10 Å². The van der Waals surface area contributed by atoms with E-state index in [1.54, 1.807) is 18.5 Å². The van der Waals surface area contributed by atoms with Gasteiger partial charge in [-0.25, -0.2) is 14.6 Å². The van der Waals surface area contributed by atoms with Crippen LogP contribution in [0.5, 0.6) is 0 Å². The fourth-order valence-electron chi connectivity index (χ4n) is 2.39. The van der Waals surface area contributed by atoms with Gasteiger partial charge in [0.05, 0.1) is 9.80 Å². The molecule has 0 atom stereocenters. The van der Waals surface area contributed by atoms with Gasteiger partial charge in [0, 0.05) is 30.2 Å². The van der Waals surface area contributed by atoms with Gasteiger partial charge in [0.25, 0.3) is 0 Å². The molecular formula is C17H11N5O2S. The van der Waals surface area contributed by atoms with Crippen LogP contribution >= 0.6 is 11.3 Å². The Morgan fingerprint density at radius 3 is 2.68 bits per heavy atom. The molecule has 0 aliphatic rings. The van der Waals surface area contributed by atoms with Gasteiger partial charge in [0.2, 0.25) is 5.82 Å². The van der Waals surface area contributed by atoms with Crippen LogP contribution < -0.4 is 0 Å². The van der Waals surface area contributed by atoms with E-state index in [4.69, 9.17) is 0 Å². The Bertz CT molecular complexity index is 1040. The molecule has 0 saturated heterocycles. The summed E-state index contributed by atoms with van der Waals surface area (Å²) < 4.78 is 1.41. The highest BCUT2D eigenvalue weighted by atomic mass is 32.1. The first-order valence-electron chi connectivity index (χ1n) is 7.39. The van der Waals surface area contributed by atoms with Crippen molar-refractivity contribution in [2.45, 2.75) is 0 Å². The molecule has 122 valence electrons. The van der Waals surface area contributed by atoms with Crippen LogP contribution in [-0.2, 0) is 0 Å². The zero-order valence-electron chi connectivity index (χ0n) is 12.8. The lowest BCUT2D eigenvalue weighted by atomic mass is 10.2. The molecule has 0 fully saturated rings. The number of nitrogens with zero attached hydrogens (tertiary/aromatic N) is 5. The second-order valence-corrected chi connectivity index (χ2v) is 6.18. The van der Waals surface area contributed by atoms with Crippen LogP contribution in [-0.4, -0.2) is 24.7 Å². The first-order valence-corrected chi connectivity index (χ1v) is 8.21.